The van der Waals surface area contributed by atoms with Crippen molar-refractivity contribution in [3.8, 4) is 0 Å². The maximum atomic E-state index is 4.00. The lowest BCUT2D eigenvalue weighted by molar-refractivity contribution is 0.590. The molecule has 0 heterocycles. The molecule has 0 aliphatic heterocycles. The van der Waals surface area contributed by atoms with Gasteiger partial charge < -0.3 is 0 Å². The summed E-state index contributed by atoms with van der Waals surface area (Å²) in [5.41, 5.74) is 6.04. The summed E-state index contributed by atoms with van der Waals surface area (Å²) in [5.74, 6) is 0. The Balaban J connectivity index is 2.99. The van der Waals surface area contributed by atoms with Gasteiger partial charge in [-0.3, -0.25) is 0 Å². The summed E-state index contributed by atoms with van der Waals surface area (Å²) in [7, 11) is 0. The highest BCUT2D eigenvalue weighted by Gasteiger charge is 2.12. The molecule has 1 aromatic carbocycles. The second-order valence-corrected chi connectivity index (χ2v) is 5.96. The smallest absolute Gasteiger partial charge is 0.0132 e. The fourth-order valence-corrected chi connectivity index (χ4v) is 1.70. The molecule has 0 N–H and O–H groups in total. The third-order valence-corrected chi connectivity index (χ3v) is 3.15. The Kier molecular flexibility index (Phi) is 4.34. The molecule has 0 saturated heterocycles. The molecule has 18 heavy (non-hydrogen) atoms. The van der Waals surface area contributed by atoms with Gasteiger partial charge in [0, 0.05) is 0 Å². The summed E-state index contributed by atoms with van der Waals surface area (Å²) in [4.78, 5) is 0. The Hall–Kier alpha value is -1.56. The molecule has 0 radical (unpaired) electrons. The van der Waals surface area contributed by atoms with Crippen LogP contribution in [0.25, 0.3) is 5.57 Å². The third kappa shape index (κ3) is 3.73. The Morgan fingerprint density at radius 3 is 1.89 bits per heavy atom. The zero-order valence-electron chi connectivity index (χ0n) is 12.3. The van der Waals surface area contributed by atoms with E-state index < -0.39 is 0 Å². The molecular formula is C18H24. The zero-order valence-corrected chi connectivity index (χ0v) is 12.3. The number of allylic oxidation sites excluding steroid dienone is 4. The molecule has 0 bridgehead atoms. The monoisotopic (exact) mass is 240 g/mol. The molecule has 96 valence electrons. The quantitative estimate of drug-likeness (QED) is 0.610. The van der Waals surface area contributed by atoms with Gasteiger partial charge in [0.15, 0.2) is 0 Å². The van der Waals surface area contributed by atoms with Crippen molar-refractivity contribution in [2.75, 3.05) is 0 Å². The van der Waals surface area contributed by atoms with Gasteiger partial charge in [0.05, 0.1) is 0 Å². The molecule has 0 atom stereocenters. The Morgan fingerprint density at radius 2 is 1.50 bits per heavy atom. The van der Waals surface area contributed by atoms with E-state index in [2.05, 4.69) is 71.2 Å². The highest BCUT2D eigenvalue weighted by atomic mass is 14.2. The van der Waals surface area contributed by atoms with Gasteiger partial charge in [0.1, 0.15) is 0 Å². The van der Waals surface area contributed by atoms with Crippen molar-refractivity contribution >= 4 is 5.57 Å². The molecule has 0 fully saturated rings. The minimum atomic E-state index is 0.206. The van der Waals surface area contributed by atoms with E-state index in [0.717, 1.165) is 11.1 Å². The number of hydrogen-bond donors (Lipinski definition) is 0. The molecule has 0 heteroatoms. The van der Waals surface area contributed by atoms with Crippen LogP contribution in [0.15, 0.2) is 54.6 Å². The van der Waals surface area contributed by atoms with E-state index in [0.29, 0.717) is 0 Å². The molecule has 1 aromatic rings. The lowest BCUT2D eigenvalue weighted by Gasteiger charge is -2.19. The van der Waals surface area contributed by atoms with E-state index in [1.807, 2.05) is 6.92 Å². The van der Waals surface area contributed by atoms with Gasteiger partial charge in [-0.15, -0.1) is 0 Å². The van der Waals surface area contributed by atoms with Crippen LogP contribution in [-0.4, -0.2) is 0 Å². The van der Waals surface area contributed by atoms with E-state index in [9.17, 15) is 0 Å². The first-order valence-electron chi connectivity index (χ1n) is 6.36. The Morgan fingerprint density at radius 1 is 1.00 bits per heavy atom. The van der Waals surface area contributed by atoms with Crippen molar-refractivity contribution in [1.82, 2.24) is 0 Å². The van der Waals surface area contributed by atoms with Crippen LogP contribution in [0.5, 0.6) is 0 Å². The normalized spacial score (nSPS) is 12.4. The minimum absolute atomic E-state index is 0.206. The van der Waals surface area contributed by atoms with E-state index in [1.165, 1.54) is 16.7 Å². The predicted molar refractivity (Wildman–Crippen MR) is 82.7 cm³/mol. The standard InChI is InChI=1S/C18H24/c1-13(2)14(3)12-15(4)16-8-10-17(11-9-16)18(5,6)7/h8-12H,1,3H2,2,4-7H3/b15-12+. The zero-order chi connectivity index (χ0) is 13.9. The largest absolute Gasteiger partial charge is 0.0955 e. The van der Waals surface area contributed by atoms with Crippen LogP contribution >= 0.6 is 0 Å². The number of rotatable bonds is 3. The van der Waals surface area contributed by atoms with Crippen LogP contribution in [0.1, 0.15) is 45.7 Å². The maximum Gasteiger partial charge on any atom is -0.0132 e. The SMILES string of the molecule is C=C(C)C(=C)/C=C(\C)c1ccc(C(C)(C)C)cc1. The highest BCUT2D eigenvalue weighted by molar-refractivity contribution is 5.68. The lowest BCUT2D eigenvalue weighted by atomic mass is 9.86. The van der Waals surface area contributed by atoms with Gasteiger partial charge in [-0.25, -0.2) is 0 Å². The summed E-state index contributed by atoms with van der Waals surface area (Å²) >= 11 is 0. The Bertz CT molecular complexity index is 476. The number of hydrogen-bond acceptors (Lipinski definition) is 0. The molecule has 0 aliphatic carbocycles. The van der Waals surface area contributed by atoms with Crippen LogP contribution in [0, 0.1) is 0 Å². The van der Waals surface area contributed by atoms with Crippen LogP contribution in [0.4, 0.5) is 0 Å². The van der Waals surface area contributed by atoms with Crippen LogP contribution in [0.3, 0.4) is 0 Å². The summed E-state index contributed by atoms with van der Waals surface area (Å²) in [5, 5.41) is 0. The fourth-order valence-electron chi connectivity index (χ4n) is 1.70. The van der Waals surface area contributed by atoms with Crippen molar-refractivity contribution in [3.05, 3.63) is 65.8 Å². The van der Waals surface area contributed by atoms with Crippen molar-refractivity contribution in [2.24, 2.45) is 0 Å². The molecule has 0 amide bonds. The molecule has 0 nitrogen and oxygen atoms in total. The summed E-state index contributed by atoms with van der Waals surface area (Å²) in [6.45, 7) is 18.7. The van der Waals surface area contributed by atoms with Crippen molar-refractivity contribution < 1.29 is 0 Å². The van der Waals surface area contributed by atoms with Gasteiger partial charge in [-0.1, -0.05) is 69.8 Å². The number of benzene rings is 1. The lowest BCUT2D eigenvalue weighted by Crippen LogP contribution is -2.10. The fraction of sp³-hybridized carbons (Fsp3) is 0.333. The van der Waals surface area contributed by atoms with Gasteiger partial charge in [-0.05, 0) is 41.5 Å². The first-order chi connectivity index (χ1) is 8.21. The molecule has 0 saturated carbocycles. The Labute approximate surface area is 112 Å². The molecule has 0 aliphatic rings. The second-order valence-electron chi connectivity index (χ2n) is 5.96. The van der Waals surface area contributed by atoms with Crippen molar-refractivity contribution in [3.63, 3.8) is 0 Å². The van der Waals surface area contributed by atoms with Crippen molar-refractivity contribution in [1.29, 1.82) is 0 Å². The minimum Gasteiger partial charge on any atom is -0.0955 e. The van der Waals surface area contributed by atoms with Gasteiger partial charge >= 0.3 is 0 Å². The van der Waals surface area contributed by atoms with Crippen LogP contribution < -0.4 is 0 Å². The highest BCUT2D eigenvalue weighted by Crippen LogP contribution is 2.25. The van der Waals surface area contributed by atoms with Crippen molar-refractivity contribution in [2.45, 2.75) is 40.0 Å². The van der Waals surface area contributed by atoms with E-state index in [-0.39, 0.29) is 5.41 Å². The summed E-state index contributed by atoms with van der Waals surface area (Å²) < 4.78 is 0. The summed E-state index contributed by atoms with van der Waals surface area (Å²) in [6.07, 6.45) is 2.09. The molecular weight excluding hydrogens is 216 g/mol. The van der Waals surface area contributed by atoms with E-state index in [4.69, 9.17) is 0 Å². The van der Waals surface area contributed by atoms with E-state index in [1.54, 1.807) is 0 Å². The van der Waals surface area contributed by atoms with Crippen LogP contribution in [-0.2, 0) is 5.41 Å². The first kappa shape index (κ1) is 14.5. The first-order valence-corrected chi connectivity index (χ1v) is 6.36. The molecule has 0 spiro atoms. The topological polar surface area (TPSA) is 0 Å². The van der Waals surface area contributed by atoms with E-state index >= 15 is 0 Å². The molecule has 0 unspecified atom stereocenters. The van der Waals surface area contributed by atoms with Gasteiger partial charge in [0.25, 0.3) is 0 Å². The average Bonchev–Trinajstić information content (AvgIpc) is 2.27. The summed E-state index contributed by atoms with van der Waals surface area (Å²) in [6, 6.07) is 8.77. The molecule has 0 aromatic heterocycles. The molecule has 1 rings (SSSR count). The van der Waals surface area contributed by atoms with Crippen LogP contribution in [0.2, 0.25) is 0 Å². The second kappa shape index (κ2) is 5.39. The van der Waals surface area contributed by atoms with Gasteiger partial charge in [-0.2, -0.15) is 0 Å². The predicted octanol–water partition coefficient (Wildman–Crippen LogP) is 5.52. The maximum absolute atomic E-state index is 4.00. The third-order valence-electron chi connectivity index (χ3n) is 3.15. The van der Waals surface area contributed by atoms with Gasteiger partial charge in [0.2, 0.25) is 0 Å². The average molecular weight is 240 g/mol.